The van der Waals surface area contributed by atoms with Gasteiger partial charge in [0.15, 0.2) is 0 Å². The Morgan fingerprint density at radius 3 is 1.60 bits per heavy atom. The molecule has 0 heterocycles. The normalized spacial score (nSPS) is 5.00. The molecule has 62 valence electrons. The maximum absolute atomic E-state index is 5.32. The summed E-state index contributed by atoms with van der Waals surface area (Å²) in [4.78, 5) is 0. The molecule has 0 aliphatic rings. The molecule has 0 rings (SSSR count). The molecule has 0 N–H and O–H groups in total. The molecule has 0 unspecified atom stereocenters. The minimum absolute atomic E-state index is 0. The Morgan fingerprint density at radius 1 is 1.30 bits per heavy atom. The second-order valence-electron chi connectivity index (χ2n) is 1.60. The zero-order valence-corrected chi connectivity index (χ0v) is 11.8. The van der Waals surface area contributed by atoms with Crippen LogP contribution in [0.15, 0.2) is 5.57 Å². The van der Waals surface area contributed by atoms with Gasteiger partial charge >= 0.3 is 40.1 Å². The van der Waals surface area contributed by atoms with Gasteiger partial charge in [0.25, 0.3) is 0 Å². The zero-order chi connectivity index (χ0) is 4.99. The summed E-state index contributed by atoms with van der Waals surface area (Å²) < 4.78 is 0. The predicted molar refractivity (Wildman–Crippen MR) is 34.1 cm³/mol. The second kappa shape index (κ2) is 22.4. The van der Waals surface area contributed by atoms with Gasteiger partial charge in [-0.25, -0.2) is 0 Å². The van der Waals surface area contributed by atoms with Gasteiger partial charge in [-0.2, -0.15) is 0 Å². The molecule has 0 aromatic rings. The van der Waals surface area contributed by atoms with E-state index in [-0.39, 0.29) is 74.1 Å². The Hall–Kier alpha value is 1.99. The molecule has 0 saturated heterocycles. The summed E-state index contributed by atoms with van der Waals surface area (Å²) in [6.07, 6.45) is 2.24. The molecule has 0 aromatic heterocycles. The zero-order valence-electron chi connectivity index (χ0n) is 6.26. The van der Waals surface area contributed by atoms with E-state index in [2.05, 4.69) is 6.92 Å². The van der Waals surface area contributed by atoms with Crippen molar-refractivity contribution in [3.05, 3.63) is 12.2 Å². The largest absolute Gasteiger partial charge is 2.00 e. The fourth-order valence-corrected chi connectivity index (χ4v) is 0.394. The van der Waals surface area contributed by atoms with E-state index in [9.17, 15) is 0 Å². The van der Waals surface area contributed by atoms with E-state index in [4.69, 9.17) is 6.58 Å². The maximum atomic E-state index is 5.32. The van der Waals surface area contributed by atoms with Crippen molar-refractivity contribution in [2.24, 2.45) is 0 Å². The minimum atomic E-state index is 0. The van der Waals surface area contributed by atoms with Crippen molar-refractivity contribution in [1.82, 2.24) is 0 Å². The van der Waals surface area contributed by atoms with Gasteiger partial charge in [0, 0.05) is 0 Å². The van der Waals surface area contributed by atoms with Gasteiger partial charge in [0.1, 0.15) is 0 Å². The Kier molecular flexibility index (Phi) is 66.5. The van der Waals surface area contributed by atoms with Crippen LogP contribution in [0.3, 0.4) is 0 Å². The Morgan fingerprint density at radius 2 is 1.60 bits per heavy atom. The summed E-state index contributed by atoms with van der Waals surface area (Å²) in [7, 11) is 0. The minimum Gasteiger partial charge on any atom is -1.00 e. The van der Waals surface area contributed by atoms with E-state index in [1.54, 1.807) is 0 Å². The third-order valence-corrected chi connectivity index (χ3v) is 0.644. The first kappa shape index (κ1) is 29.6. The van der Waals surface area contributed by atoms with Gasteiger partial charge in [0.2, 0.25) is 0 Å². The molecular formula is C6H11Br2CuMg. The predicted octanol–water partition coefficient (Wildman–Crippen LogP) is -4.21. The molecular weight excluding hydrogens is 320 g/mol. The van der Waals surface area contributed by atoms with Gasteiger partial charge in [-0.1, -0.05) is 26.7 Å². The van der Waals surface area contributed by atoms with Crippen LogP contribution in [0, 0.1) is 6.58 Å². The van der Waals surface area contributed by atoms with Crippen LogP contribution in [0.2, 0.25) is 0 Å². The SMILES string of the molecule is [Br-].[Br-].[CH-]=C(C)CCC.[Cu+].[Mg+2]. The second-order valence-corrected chi connectivity index (χ2v) is 1.60. The standard InChI is InChI=1S/C6H11.2BrH.Cu.Mg/c1-4-5-6(2)3;;;;/h2H,4-5H2,1,3H3;2*1H;;/q-1;;;+1;+2/p-2. The summed E-state index contributed by atoms with van der Waals surface area (Å²) in [5, 5.41) is 0. The third kappa shape index (κ3) is 32.4. The van der Waals surface area contributed by atoms with Crippen LogP contribution in [-0.4, -0.2) is 23.1 Å². The third-order valence-electron chi connectivity index (χ3n) is 0.644. The first-order valence-electron chi connectivity index (χ1n) is 2.35. The number of halogens is 2. The quantitative estimate of drug-likeness (QED) is 0.356. The van der Waals surface area contributed by atoms with Crippen LogP contribution in [0.1, 0.15) is 26.7 Å². The van der Waals surface area contributed by atoms with Crippen LogP contribution in [0.25, 0.3) is 0 Å². The summed E-state index contributed by atoms with van der Waals surface area (Å²) >= 11 is 0. The topological polar surface area (TPSA) is 0 Å². The first-order chi connectivity index (χ1) is 2.77. The number of allylic oxidation sites excluding steroid dienone is 1. The number of hydrogen-bond acceptors (Lipinski definition) is 0. The molecule has 0 radical (unpaired) electrons. The van der Waals surface area contributed by atoms with Crippen molar-refractivity contribution in [1.29, 1.82) is 0 Å². The summed E-state index contributed by atoms with van der Waals surface area (Å²) in [5.41, 5.74) is 1.04. The molecule has 0 spiro atoms. The van der Waals surface area contributed by atoms with Crippen LogP contribution >= 0.6 is 0 Å². The van der Waals surface area contributed by atoms with Gasteiger partial charge in [-0.05, 0) is 0 Å². The molecule has 0 atom stereocenters. The van der Waals surface area contributed by atoms with Gasteiger partial charge in [-0.3, -0.25) is 5.57 Å². The van der Waals surface area contributed by atoms with Gasteiger partial charge in [-0.15, -0.1) is 0 Å². The van der Waals surface area contributed by atoms with Crippen molar-refractivity contribution in [2.75, 3.05) is 0 Å². The van der Waals surface area contributed by atoms with Crippen LogP contribution in [0.4, 0.5) is 0 Å². The first-order valence-corrected chi connectivity index (χ1v) is 2.35. The van der Waals surface area contributed by atoms with Gasteiger partial charge < -0.3 is 40.5 Å². The van der Waals surface area contributed by atoms with E-state index in [0.29, 0.717) is 0 Å². The Balaban J connectivity index is -0.0000000208. The maximum Gasteiger partial charge on any atom is 2.00 e. The molecule has 0 aliphatic carbocycles. The van der Waals surface area contributed by atoms with Crippen molar-refractivity contribution < 1.29 is 51.0 Å². The molecule has 0 amide bonds. The fourth-order valence-electron chi connectivity index (χ4n) is 0.394. The number of rotatable bonds is 2. The molecule has 4 heteroatoms. The summed E-state index contributed by atoms with van der Waals surface area (Å²) in [5.74, 6) is 0. The van der Waals surface area contributed by atoms with Gasteiger partial charge in [0.05, 0.1) is 0 Å². The molecule has 0 nitrogen and oxygen atoms in total. The van der Waals surface area contributed by atoms with Crippen LogP contribution < -0.4 is 34.0 Å². The summed E-state index contributed by atoms with van der Waals surface area (Å²) in [6.45, 7) is 9.39. The van der Waals surface area contributed by atoms with Crippen LogP contribution in [0.5, 0.6) is 0 Å². The molecule has 0 saturated carbocycles. The average molecular weight is 331 g/mol. The van der Waals surface area contributed by atoms with Crippen molar-refractivity contribution in [3.63, 3.8) is 0 Å². The van der Waals surface area contributed by atoms with E-state index in [1.807, 2.05) is 6.92 Å². The van der Waals surface area contributed by atoms with E-state index < -0.39 is 0 Å². The average Bonchev–Trinajstić information content (AvgIpc) is 1.35. The van der Waals surface area contributed by atoms with E-state index >= 15 is 0 Å². The molecule has 0 aliphatic heterocycles. The molecule has 0 fully saturated rings. The van der Waals surface area contributed by atoms with Crippen molar-refractivity contribution in [3.8, 4) is 0 Å². The van der Waals surface area contributed by atoms with E-state index in [1.165, 1.54) is 6.42 Å². The van der Waals surface area contributed by atoms with Crippen molar-refractivity contribution in [2.45, 2.75) is 26.7 Å². The Bertz CT molecular complexity index is 59.7. The molecule has 10 heavy (non-hydrogen) atoms. The number of hydrogen-bond donors (Lipinski definition) is 0. The summed E-state index contributed by atoms with van der Waals surface area (Å²) in [6, 6.07) is 0. The smallest absolute Gasteiger partial charge is 1.00 e. The fraction of sp³-hybridized carbons (Fsp3) is 0.667. The monoisotopic (exact) mass is 328 g/mol. The van der Waals surface area contributed by atoms with E-state index in [0.717, 1.165) is 12.0 Å². The Labute approximate surface area is 112 Å². The molecule has 0 aromatic carbocycles. The molecule has 0 bridgehead atoms. The van der Waals surface area contributed by atoms with Crippen molar-refractivity contribution >= 4 is 23.1 Å². The van der Waals surface area contributed by atoms with Crippen LogP contribution in [-0.2, 0) is 17.1 Å².